The summed E-state index contributed by atoms with van der Waals surface area (Å²) in [7, 11) is -3.51. The van der Waals surface area contributed by atoms with Crippen LogP contribution in [0.15, 0.2) is 30.3 Å². The lowest BCUT2D eigenvalue weighted by molar-refractivity contribution is 0.604. The maximum atomic E-state index is 13.8. The first-order chi connectivity index (χ1) is 9.39. The molecule has 1 aromatic carbocycles. The number of halogens is 1. The molecule has 2 N–H and O–H groups in total. The summed E-state index contributed by atoms with van der Waals surface area (Å²) in [4.78, 5) is 3.00. The largest absolute Gasteiger partial charge is 0.358 e. The van der Waals surface area contributed by atoms with Gasteiger partial charge in [-0.05, 0) is 24.3 Å². The molecule has 2 aromatic rings. The van der Waals surface area contributed by atoms with Crippen molar-refractivity contribution in [3.05, 3.63) is 41.8 Å². The van der Waals surface area contributed by atoms with Crippen LogP contribution in [-0.4, -0.2) is 19.7 Å². The number of aromatic nitrogens is 1. The Balaban J connectivity index is 2.30. The second-order valence-electron chi connectivity index (χ2n) is 4.30. The molecule has 0 atom stereocenters. The lowest BCUT2D eigenvalue weighted by atomic mass is 10.1. The lowest BCUT2D eigenvalue weighted by Gasteiger charge is -2.06. The van der Waals surface area contributed by atoms with E-state index in [0.29, 0.717) is 11.3 Å². The molecule has 0 saturated carbocycles. The smallest absolute Gasteiger partial charge is 0.229 e. The molecule has 0 aliphatic carbocycles. The third-order valence-electron chi connectivity index (χ3n) is 2.59. The van der Waals surface area contributed by atoms with Gasteiger partial charge in [-0.1, -0.05) is 6.07 Å². The van der Waals surface area contributed by atoms with Gasteiger partial charge in [0.15, 0.2) is 0 Å². The topological polar surface area (TPSA) is 85.8 Å². The minimum absolute atomic E-state index is 0.0972. The molecule has 0 aliphatic rings. The Hall–Kier alpha value is -2.33. The molecule has 104 valence electrons. The Labute approximate surface area is 116 Å². The molecular weight excluding hydrogens is 281 g/mol. The Morgan fingerprint density at radius 2 is 2.10 bits per heavy atom. The summed E-state index contributed by atoms with van der Waals surface area (Å²) in [5, 5.41) is 8.59. The fraction of sp³-hybridized carbons (Fsp3) is 0.154. The number of aromatic amines is 1. The van der Waals surface area contributed by atoms with E-state index in [-0.39, 0.29) is 12.1 Å². The zero-order chi connectivity index (χ0) is 14.8. The number of benzene rings is 1. The lowest BCUT2D eigenvalue weighted by Crippen LogP contribution is -2.10. The summed E-state index contributed by atoms with van der Waals surface area (Å²) < 4.78 is 38.1. The first-order valence-corrected chi connectivity index (χ1v) is 7.61. The van der Waals surface area contributed by atoms with Gasteiger partial charge in [-0.25, -0.2) is 12.8 Å². The van der Waals surface area contributed by atoms with Crippen LogP contribution in [0.5, 0.6) is 0 Å². The van der Waals surface area contributed by atoms with Crippen molar-refractivity contribution < 1.29 is 12.8 Å². The zero-order valence-electron chi connectivity index (χ0n) is 10.6. The normalized spacial score (nSPS) is 11.1. The second kappa shape index (κ2) is 5.35. The van der Waals surface area contributed by atoms with Gasteiger partial charge in [0.1, 0.15) is 5.82 Å². The number of nitriles is 1. The van der Waals surface area contributed by atoms with Gasteiger partial charge in [-0.15, -0.1) is 0 Å². The van der Waals surface area contributed by atoms with Crippen molar-refractivity contribution in [3.8, 4) is 17.3 Å². The molecule has 0 unspecified atom stereocenters. The molecule has 20 heavy (non-hydrogen) atoms. The van der Waals surface area contributed by atoms with Gasteiger partial charge in [-0.2, -0.15) is 5.26 Å². The number of nitrogens with one attached hydrogen (secondary N) is 2. The van der Waals surface area contributed by atoms with Crippen molar-refractivity contribution in [2.75, 3.05) is 11.0 Å². The van der Waals surface area contributed by atoms with E-state index in [1.165, 1.54) is 12.1 Å². The van der Waals surface area contributed by atoms with Crippen LogP contribution in [0, 0.1) is 17.1 Å². The number of anilines is 1. The summed E-state index contributed by atoms with van der Waals surface area (Å²) in [5.41, 5.74) is 1.88. The molecule has 2 rings (SSSR count). The van der Waals surface area contributed by atoms with Crippen molar-refractivity contribution in [1.29, 1.82) is 5.26 Å². The third kappa shape index (κ3) is 3.36. The standard InChI is InChI=1S/C13H12FN3O2S/c1-20(18,19)17-13-4-2-9(8-11(13)14)12-5-3-10(16-12)6-7-15/h2-5,8,16-17H,6H2,1H3. The Bertz CT molecular complexity index is 775. The monoisotopic (exact) mass is 293 g/mol. The molecule has 0 spiro atoms. The van der Waals surface area contributed by atoms with Crippen LogP contribution in [0.4, 0.5) is 10.1 Å². The highest BCUT2D eigenvalue weighted by Crippen LogP contribution is 2.24. The summed E-state index contributed by atoms with van der Waals surface area (Å²) in [6.07, 6.45) is 1.20. The van der Waals surface area contributed by atoms with Gasteiger partial charge in [0.25, 0.3) is 0 Å². The van der Waals surface area contributed by atoms with Crippen LogP contribution in [0.25, 0.3) is 11.3 Å². The molecule has 0 bridgehead atoms. The van der Waals surface area contributed by atoms with Crippen LogP contribution in [0.3, 0.4) is 0 Å². The van der Waals surface area contributed by atoms with E-state index in [1.54, 1.807) is 18.2 Å². The quantitative estimate of drug-likeness (QED) is 0.906. The number of nitrogens with zero attached hydrogens (tertiary/aromatic N) is 1. The minimum Gasteiger partial charge on any atom is -0.358 e. The van der Waals surface area contributed by atoms with Crippen molar-refractivity contribution in [2.45, 2.75) is 6.42 Å². The van der Waals surface area contributed by atoms with E-state index in [0.717, 1.165) is 11.9 Å². The summed E-state index contributed by atoms with van der Waals surface area (Å²) in [6, 6.07) is 9.69. The maximum Gasteiger partial charge on any atom is 0.229 e. The Morgan fingerprint density at radius 1 is 1.35 bits per heavy atom. The molecule has 1 heterocycles. The van der Waals surface area contributed by atoms with Crippen molar-refractivity contribution >= 4 is 15.7 Å². The first-order valence-electron chi connectivity index (χ1n) is 5.71. The molecule has 0 fully saturated rings. The number of H-pyrrole nitrogens is 1. The van der Waals surface area contributed by atoms with Gasteiger partial charge in [-0.3, -0.25) is 4.72 Å². The number of hydrogen-bond donors (Lipinski definition) is 2. The third-order valence-corrected chi connectivity index (χ3v) is 3.18. The van der Waals surface area contributed by atoms with Crippen molar-refractivity contribution in [2.24, 2.45) is 0 Å². The second-order valence-corrected chi connectivity index (χ2v) is 6.05. The van der Waals surface area contributed by atoms with Gasteiger partial charge < -0.3 is 4.98 Å². The molecule has 1 aromatic heterocycles. The predicted molar refractivity (Wildman–Crippen MR) is 74.0 cm³/mol. The van der Waals surface area contributed by atoms with E-state index in [1.807, 2.05) is 6.07 Å². The minimum atomic E-state index is -3.51. The number of hydrogen-bond acceptors (Lipinski definition) is 3. The Kier molecular flexibility index (Phi) is 3.77. The summed E-state index contributed by atoms with van der Waals surface area (Å²) in [5.74, 6) is -0.663. The number of rotatable bonds is 4. The van der Waals surface area contributed by atoms with Crippen LogP contribution < -0.4 is 4.72 Å². The van der Waals surface area contributed by atoms with Crippen molar-refractivity contribution in [1.82, 2.24) is 4.98 Å². The molecule has 0 amide bonds. The molecule has 0 radical (unpaired) electrons. The van der Waals surface area contributed by atoms with Gasteiger partial charge in [0.2, 0.25) is 10.0 Å². The first kappa shape index (κ1) is 14.1. The van der Waals surface area contributed by atoms with Crippen molar-refractivity contribution in [3.63, 3.8) is 0 Å². The van der Waals surface area contributed by atoms with E-state index in [9.17, 15) is 12.8 Å². The molecule has 0 aliphatic heterocycles. The van der Waals surface area contributed by atoms with Gasteiger partial charge in [0, 0.05) is 17.0 Å². The average Bonchev–Trinajstić information content (AvgIpc) is 2.79. The summed E-state index contributed by atoms with van der Waals surface area (Å²) >= 11 is 0. The van der Waals surface area contributed by atoms with E-state index < -0.39 is 15.8 Å². The molecule has 5 nitrogen and oxygen atoms in total. The maximum absolute atomic E-state index is 13.8. The summed E-state index contributed by atoms with van der Waals surface area (Å²) in [6.45, 7) is 0. The van der Waals surface area contributed by atoms with E-state index >= 15 is 0 Å². The van der Waals surface area contributed by atoms with E-state index in [2.05, 4.69) is 9.71 Å². The molecule has 0 saturated heterocycles. The average molecular weight is 293 g/mol. The van der Waals surface area contributed by atoms with Crippen LogP contribution >= 0.6 is 0 Å². The zero-order valence-corrected chi connectivity index (χ0v) is 11.5. The fourth-order valence-corrected chi connectivity index (χ4v) is 2.33. The Morgan fingerprint density at radius 3 is 2.70 bits per heavy atom. The predicted octanol–water partition coefficient (Wildman–Crippen LogP) is 2.26. The van der Waals surface area contributed by atoms with Crippen LogP contribution in [-0.2, 0) is 16.4 Å². The molecular formula is C13H12FN3O2S. The van der Waals surface area contributed by atoms with E-state index in [4.69, 9.17) is 5.26 Å². The fourth-order valence-electron chi connectivity index (χ4n) is 1.76. The van der Waals surface area contributed by atoms with Gasteiger partial charge >= 0.3 is 0 Å². The number of sulfonamides is 1. The highest BCUT2D eigenvalue weighted by Gasteiger charge is 2.10. The SMILES string of the molecule is CS(=O)(=O)Nc1ccc(-c2ccc(CC#N)[nH]2)cc1F. The van der Waals surface area contributed by atoms with Gasteiger partial charge in [0.05, 0.1) is 24.4 Å². The van der Waals surface area contributed by atoms with Crippen LogP contribution in [0.1, 0.15) is 5.69 Å². The van der Waals surface area contributed by atoms with Crippen LogP contribution in [0.2, 0.25) is 0 Å². The highest BCUT2D eigenvalue weighted by atomic mass is 32.2. The highest BCUT2D eigenvalue weighted by molar-refractivity contribution is 7.92. The molecule has 7 heteroatoms.